The van der Waals surface area contributed by atoms with Gasteiger partial charge in [0.2, 0.25) is 0 Å². The van der Waals surface area contributed by atoms with Crippen molar-refractivity contribution in [3.8, 4) is 0 Å². The minimum absolute atomic E-state index is 0.142. The number of ether oxygens (including phenoxy) is 1. The van der Waals surface area contributed by atoms with Gasteiger partial charge in [-0.2, -0.15) is 0 Å². The summed E-state index contributed by atoms with van der Waals surface area (Å²) in [6, 6.07) is 4.35. The van der Waals surface area contributed by atoms with Crippen molar-refractivity contribution in [2.24, 2.45) is 7.05 Å². The Hall–Kier alpha value is -1.59. The van der Waals surface area contributed by atoms with Gasteiger partial charge < -0.3 is 14.6 Å². The zero-order valence-electron chi connectivity index (χ0n) is 11.1. The molecule has 0 bridgehead atoms. The zero-order valence-corrected chi connectivity index (χ0v) is 11.9. The molecule has 1 atom stereocenters. The van der Waals surface area contributed by atoms with E-state index in [1.165, 1.54) is 11.1 Å². The van der Waals surface area contributed by atoms with Crippen LogP contribution in [0.4, 0.5) is 0 Å². The minimum atomic E-state index is 0.142. The second-order valence-electron chi connectivity index (χ2n) is 4.19. The lowest BCUT2D eigenvalue weighted by molar-refractivity contribution is 0.243. The van der Waals surface area contributed by atoms with Crippen LogP contribution >= 0.6 is 11.3 Å². The summed E-state index contributed by atoms with van der Waals surface area (Å²) in [5.74, 6) is 1.03. The maximum atomic E-state index is 5.13. The van der Waals surface area contributed by atoms with E-state index in [4.69, 9.17) is 4.74 Å². The van der Waals surface area contributed by atoms with Gasteiger partial charge in [-0.15, -0.1) is 11.3 Å². The molecular formula is C14H19N3OS. The number of aryl methyl sites for hydroxylation is 1. The molecule has 1 unspecified atom stereocenters. The van der Waals surface area contributed by atoms with Crippen molar-refractivity contribution in [1.82, 2.24) is 14.9 Å². The lowest BCUT2D eigenvalue weighted by Crippen LogP contribution is -2.26. The van der Waals surface area contributed by atoms with Crippen molar-refractivity contribution in [2.75, 3.05) is 13.2 Å². The van der Waals surface area contributed by atoms with Gasteiger partial charge in [0.15, 0.2) is 0 Å². The number of hydrogen-bond donors (Lipinski definition) is 1. The first-order valence-corrected chi connectivity index (χ1v) is 7.17. The highest BCUT2D eigenvalue weighted by molar-refractivity contribution is 7.10. The number of aromatic nitrogens is 2. The Morgan fingerprint density at radius 3 is 3.16 bits per heavy atom. The predicted molar refractivity (Wildman–Crippen MR) is 78.1 cm³/mol. The number of rotatable bonds is 8. The van der Waals surface area contributed by atoms with Crippen molar-refractivity contribution in [3.63, 3.8) is 0 Å². The predicted octanol–water partition coefficient (Wildman–Crippen LogP) is 2.71. The molecule has 2 heterocycles. The highest BCUT2D eigenvalue weighted by atomic mass is 32.1. The Kier molecular flexibility index (Phi) is 5.18. The van der Waals surface area contributed by atoms with Crippen molar-refractivity contribution in [2.45, 2.75) is 12.5 Å². The third-order valence-corrected chi connectivity index (χ3v) is 3.79. The smallest absolute Gasteiger partial charge is 0.131 e. The average Bonchev–Trinajstić information content (AvgIpc) is 3.06. The van der Waals surface area contributed by atoms with E-state index in [1.807, 2.05) is 19.4 Å². The molecule has 0 saturated heterocycles. The summed E-state index contributed by atoms with van der Waals surface area (Å²) >= 11 is 1.74. The largest absolute Gasteiger partial charge is 0.502 e. The van der Waals surface area contributed by atoms with Gasteiger partial charge in [-0.05, 0) is 24.4 Å². The minimum Gasteiger partial charge on any atom is -0.502 e. The van der Waals surface area contributed by atoms with E-state index in [0.717, 1.165) is 18.8 Å². The van der Waals surface area contributed by atoms with Crippen LogP contribution in [-0.2, 0) is 11.8 Å². The fourth-order valence-electron chi connectivity index (χ4n) is 1.92. The molecule has 5 heteroatoms. The van der Waals surface area contributed by atoms with Crippen molar-refractivity contribution < 1.29 is 4.74 Å². The molecule has 102 valence electrons. The molecule has 19 heavy (non-hydrogen) atoms. The SMILES string of the molecule is C=COCCCNC(c1cccs1)c1nccn1C. The maximum Gasteiger partial charge on any atom is 0.131 e. The van der Waals surface area contributed by atoms with Gasteiger partial charge in [0.1, 0.15) is 11.9 Å². The van der Waals surface area contributed by atoms with Crippen LogP contribution in [0.5, 0.6) is 0 Å². The van der Waals surface area contributed by atoms with Crippen LogP contribution in [-0.4, -0.2) is 22.7 Å². The molecule has 2 aromatic heterocycles. The summed E-state index contributed by atoms with van der Waals surface area (Å²) in [6.45, 7) is 5.10. The summed E-state index contributed by atoms with van der Waals surface area (Å²) in [7, 11) is 2.02. The second kappa shape index (κ2) is 7.11. The van der Waals surface area contributed by atoms with E-state index in [-0.39, 0.29) is 6.04 Å². The number of imidazole rings is 1. The van der Waals surface area contributed by atoms with Crippen molar-refractivity contribution in [3.05, 3.63) is 53.4 Å². The monoisotopic (exact) mass is 277 g/mol. The molecule has 0 spiro atoms. The van der Waals surface area contributed by atoms with Gasteiger partial charge in [-0.1, -0.05) is 12.6 Å². The van der Waals surface area contributed by atoms with E-state index in [1.54, 1.807) is 11.3 Å². The normalized spacial score (nSPS) is 12.3. The molecule has 0 aliphatic rings. The van der Waals surface area contributed by atoms with Crippen LogP contribution in [0, 0.1) is 0 Å². The first-order valence-electron chi connectivity index (χ1n) is 6.29. The fourth-order valence-corrected chi connectivity index (χ4v) is 2.71. The summed E-state index contributed by atoms with van der Waals surface area (Å²) in [6.07, 6.45) is 6.23. The Morgan fingerprint density at radius 1 is 1.63 bits per heavy atom. The number of thiophene rings is 1. The Bertz CT molecular complexity index is 493. The summed E-state index contributed by atoms with van der Waals surface area (Å²) in [5, 5.41) is 5.63. The van der Waals surface area contributed by atoms with Gasteiger partial charge in [-0.25, -0.2) is 4.98 Å². The van der Waals surface area contributed by atoms with Crippen LogP contribution in [0.25, 0.3) is 0 Å². The highest BCUT2D eigenvalue weighted by Crippen LogP contribution is 2.24. The first kappa shape index (κ1) is 13.8. The van der Waals surface area contributed by atoms with Gasteiger partial charge in [-0.3, -0.25) is 0 Å². The summed E-state index contributed by atoms with van der Waals surface area (Å²) in [4.78, 5) is 5.72. The third-order valence-electron chi connectivity index (χ3n) is 2.85. The quantitative estimate of drug-likeness (QED) is 0.595. The van der Waals surface area contributed by atoms with Gasteiger partial charge in [0.05, 0.1) is 12.9 Å². The lowest BCUT2D eigenvalue weighted by atomic mass is 10.2. The summed E-state index contributed by atoms with van der Waals surface area (Å²) < 4.78 is 7.18. The van der Waals surface area contributed by atoms with E-state index in [0.29, 0.717) is 6.61 Å². The van der Waals surface area contributed by atoms with Crippen LogP contribution in [0.1, 0.15) is 23.2 Å². The zero-order chi connectivity index (χ0) is 13.5. The van der Waals surface area contributed by atoms with Gasteiger partial charge in [0.25, 0.3) is 0 Å². The molecular weight excluding hydrogens is 258 g/mol. The molecule has 0 radical (unpaired) electrons. The Balaban J connectivity index is 2.00. The molecule has 0 saturated carbocycles. The van der Waals surface area contributed by atoms with Crippen LogP contribution in [0.2, 0.25) is 0 Å². The van der Waals surface area contributed by atoms with E-state index < -0.39 is 0 Å². The third kappa shape index (κ3) is 3.68. The number of hydrogen-bond acceptors (Lipinski definition) is 4. The van der Waals surface area contributed by atoms with Crippen LogP contribution in [0.3, 0.4) is 0 Å². The molecule has 0 aliphatic carbocycles. The van der Waals surface area contributed by atoms with Crippen molar-refractivity contribution >= 4 is 11.3 Å². The second-order valence-corrected chi connectivity index (χ2v) is 5.17. The van der Waals surface area contributed by atoms with Gasteiger partial charge >= 0.3 is 0 Å². The van der Waals surface area contributed by atoms with E-state index in [9.17, 15) is 0 Å². The van der Waals surface area contributed by atoms with Gasteiger partial charge in [0, 0.05) is 24.3 Å². The van der Waals surface area contributed by atoms with Crippen LogP contribution in [0.15, 0.2) is 42.7 Å². The fraction of sp³-hybridized carbons (Fsp3) is 0.357. The standard InChI is InChI=1S/C14H19N3OS/c1-3-18-10-5-7-15-13(12-6-4-11-19-12)14-16-8-9-17(14)2/h3-4,6,8-9,11,13,15H,1,5,7,10H2,2H3. The van der Waals surface area contributed by atoms with E-state index in [2.05, 4.69) is 39.0 Å². The highest BCUT2D eigenvalue weighted by Gasteiger charge is 2.18. The molecule has 2 aromatic rings. The topological polar surface area (TPSA) is 39.1 Å². The molecule has 4 nitrogen and oxygen atoms in total. The molecule has 0 aliphatic heterocycles. The number of nitrogens with one attached hydrogen (secondary N) is 1. The Labute approximate surface area is 117 Å². The molecule has 1 N–H and O–H groups in total. The average molecular weight is 277 g/mol. The maximum absolute atomic E-state index is 5.13. The lowest BCUT2D eigenvalue weighted by Gasteiger charge is -2.17. The number of nitrogens with zero attached hydrogens (tertiary/aromatic N) is 2. The summed E-state index contributed by atoms with van der Waals surface area (Å²) in [5.41, 5.74) is 0. The Morgan fingerprint density at radius 2 is 2.53 bits per heavy atom. The first-order chi connectivity index (χ1) is 9.33. The van der Waals surface area contributed by atoms with Crippen LogP contribution < -0.4 is 5.32 Å². The molecule has 0 amide bonds. The molecule has 0 fully saturated rings. The van der Waals surface area contributed by atoms with Crippen molar-refractivity contribution in [1.29, 1.82) is 0 Å². The molecule has 2 rings (SSSR count). The molecule has 0 aromatic carbocycles. The van der Waals surface area contributed by atoms with E-state index >= 15 is 0 Å².